The summed E-state index contributed by atoms with van der Waals surface area (Å²) in [5.41, 5.74) is 0.377. The highest BCUT2D eigenvalue weighted by atomic mass is 15.3. The quantitative estimate of drug-likeness (QED) is 0.830. The standard InChI is InChI=1S/C16H32N4/c1-8-9-16(7,11-18-15(4,5)6)10-14-17-12-19-20(14)13(2)3/h12-13,18H,8-11H2,1-7H3. The fourth-order valence-electron chi connectivity index (χ4n) is 2.54. The summed E-state index contributed by atoms with van der Waals surface area (Å²) in [6.45, 7) is 16.6. The molecule has 1 rings (SSSR count). The maximum atomic E-state index is 4.47. The maximum Gasteiger partial charge on any atom is 0.138 e. The van der Waals surface area contributed by atoms with E-state index in [1.54, 1.807) is 6.33 Å². The molecule has 1 N–H and O–H groups in total. The second kappa shape index (κ2) is 6.70. The van der Waals surface area contributed by atoms with Gasteiger partial charge in [-0.05, 0) is 46.5 Å². The van der Waals surface area contributed by atoms with Gasteiger partial charge in [-0.15, -0.1) is 0 Å². The molecule has 0 saturated carbocycles. The Balaban J connectivity index is 2.82. The molecule has 0 spiro atoms. The van der Waals surface area contributed by atoms with Crippen LogP contribution in [-0.4, -0.2) is 26.8 Å². The second-order valence-corrected chi connectivity index (χ2v) is 7.56. The molecule has 116 valence electrons. The number of rotatable bonds is 7. The minimum atomic E-state index is 0.153. The van der Waals surface area contributed by atoms with Crippen molar-refractivity contribution < 1.29 is 0 Å². The Morgan fingerprint density at radius 2 is 1.90 bits per heavy atom. The molecule has 0 aromatic carbocycles. The van der Waals surface area contributed by atoms with Crippen LogP contribution in [0.5, 0.6) is 0 Å². The average molecular weight is 280 g/mol. The highest BCUT2D eigenvalue weighted by Crippen LogP contribution is 2.28. The van der Waals surface area contributed by atoms with E-state index in [4.69, 9.17) is 0 Å². The summed E-state index contributed by atoms with van der Waals surface area (Å²) in [5, 5.41) is 8.00. The van der Waals surface area contributed by atoms with Crippen molar-refractivity contribution in [3.05, 3.63) is 12.2 Å². The number of hydrogen-bond donors (Lipinski definition) is 1. The molecule has 0 saturated heterocycles. The zero-order chi connectivity index (χ0) is 15.4. The molecular weight excluding hydrogens is 248 g/mol. The molecule has 0 bridgehead atoms. The van der Waals surface area contributed by atoms with Crippen LogP contribution in [-0.2, 0) is 6.42 Å². The average Bonchev–Trinajstić information content (AvgIpc) is 2.74. The van der Waals surface area contributed by atoms with Crippen molar-refractivity contribution in [2.24, 2.45) is 5.41 Å². The molecule has 0 radical (unpaired) electrons. The van der Waals surface area contributed by atoms with E-state index in [1.165, 1.54) is 12.8 Å². The Hall–Kier alpha value is -0.900. The maximum absolute atomic E-state index is 4.47. The molecule has 0 fully saturated rings. The summed E-state index contributed by atoms with van der Waals surface area (Å²) in [6.07, 6.45) is 5.04. The lowest BCUT2D eigenvalue weighted by Crippen LogP contribution is -2.44. The fourth-order valence-corrected chi connectivity index (χ4v) is 2.54. The highest BCUT2D eigenvalue weighted by Gasteiger charge is 2.28. The summed E-state index contributed by atoms with van der Waals surface area (Å²) in [7, 11) is 0. The normalized spacial score (nSPS) is 15.6. The first-order valence-corrected chi connectivity index (χ1v) is 7.80. The van der Waals surface area contributed by atoms with E-state index in [9.17, 15) is 0 Å². The van der Waals surface area contributed by atoms with E-state index in [0.29, 0.717) is 6.04 Å². The van der Waals surface area contributed by atoms with Gasteiger partial charge in [0.15, 0.2) is 0 Å². The van der Waals surface area contributed by atoms with Crippen molar-refractivity contribution in [3.8, 4) is 0 Å². The smallest absolute Gasteiger partial charge is 0.138 e. The van der Waals surface area contributed by atoms with Gasteiger partial charge in [0.05, 0.1) is 0 Å². The fraction of sp³-hybridized carbons (Fsp3) is 0.875. The second-order valence-electron chi connectivity index (χ2n) is 7.56. The van der Waals surface area contributed by atoms with Crippen LogP contribution in [0.2, 0.25) is 0 Å². The lowest BCUT2D eigenvalue weighted by atomic mass is 9.81. The van der Waals surface area contributed by atoms with Gasteiger partial charge < -0.3 is 5.32 Å². The van der Waals surface area contributed by atoms with Gasteiger partial charge in [-0.3, -0.25) is 0 Å². The SMILES string of the molecule is CCCC(C)(CNC(C)(C)C)Cc1ncnn1C(C)C. The molecule has 1 aromatic rings. The van der Waals surface area contributed by atoms with E-state index in [0.717, 1.165) is 18.8 Å². The van der Waals surface area contributed by atoms with Crippen LogP contribution < -0.4 is 5.32 Å². The van der Waals surface area contributed by atoms with Crippen molar-refractivity contribution in [2.45, 2.75) is 79.3 Å². The molecule has 20 heavy (non-hydrogen) atoms. The van der Waals surface area contributed by atoms with Crippen molar-refractivity contribution in [1.82, 2.24) is 20.1 Å². The first-order chi connectivity index (χ1) is 9.17. The van der Waals surface area contributed by atoms with Gasteiger partial charge >= 0.3 is 0 Å². The number of aromatic nitrogens is 3. The van der Waals surface area contributed by atoms with Crippen molar-refractivity contribution in [3.63, 3.8) is 0 Å². The number of nitrogens with zero attached hydrogens (tertiary/aromatic N) is 3. The van der Waals surface area contributed by atoms with Crippen LogP contribution in [0.25, 0.3) is 0 Å². The third-order valence-electron chi connectivity index (χ3n) is 3.62. The molecule has 4 nitrogen and oxygen atoms in total. The lowest BCUT2D eigenvalue weighted by molar-refractivity contribution is 0.235. The molecule has 0 aliphatic heterocycles. The van der Waals surface area contributed by atoms with Gasteiger partial charge in [0.25, 0.3) is 0 Å². The topological polar surface area (TPSA) is 42.7 Å². The van der Waals surface area contributed by atoms with Gasteiger partial charge in [-0.2, -0.15) is 5.10 Å². The molecule has 4 heteroatoms. The van der Waals surface area contributed by atoms with Crippen molar-refractivity contribution in [1.29, 1.82) is 0 Å². The Morgan fingerprint density at radius 3 is 2.40 bits per heavy atom. The molecule has 1 aromatic heterocycles. The Labute approximate surface area is 124 Å². The van der Waals surface area contributed by atoms with E-state index in [2.05, 4.69) is 63.9 Å². The van der Waals surface area contributed by atoms with Crippen molar-refractivity contribution >= 4 is 0 Å². The minimum absolute atomic E-state index is 0.153. The summed E-state index contributed by atoms with van der Waals surface area (Å²) in [5.74, 6) is 1.10. The molecule has 0 amide bonds. The molecule has 0 aliphatic carbocycles. The van der Waals surface area contributed by atoms with Crippen LogP contribution in [0.3, 0.4) is 0 Å². The van der Waals surface area contributed by atoms with Crippen LogP contribution in [0.15, 0.2) is 6.33 Å². The largest absolute Gasteiger partial charge is 0.312 e. The molecule has 0 aliphatic rings. The molecule has 1 heterocycles. The molecule has 1 atom stereocenters. The predicted molar refractivity (Wildman–Crippen MR) is 84.9 cm³/mol. The Morgan fingerprint density at radius 1 is 1.25 bits per heavy atom. The Bertz CT molecular complexity index is 403. The van der Waals surface area contributed by atoms with E-state index < -0.39 is 0 Å². The zero-order valence-electron chi connectivity index (χ0n) is 14.3. The van der Waals surface area contributed by atoms with E-state index in [-0.39, 0.29) is 11.0 Å². The summed E-state index contributed by atoms with van der Waals surface area (Å²) in [4.78, 5) is 4.47. The number of hydrogen-bond acceptors (Lipinski definition) is 3. The third-order valence-corrected chi connectivity index (χ3v) is 3.62. The van der Waals surface area contributed by atoms with Crippen LogP contribution >= 0.6 is 0 Å². The monoisotopic (exact) mass is 280 g/mol. The molecule has 1 unspecified atom stereocenters. The molecular formula is C16H32N4. The summed E-state index contributed by atoms with van der Waals surface area (Å²) >= 11 is 0. The zero-order valence-corrected chi connectivity index (χ0v) is 14.3. The van der Waals surface area contributed by atoms with Gasteiger partial charge in [-0.25, -0.2) is 9.67 Å². The van der Waals surface area contributed by atoms with Gasteiger partial charge in [-0.1, -0.05) is 20.3 Å². The van der Waals surface area contributed by atoms with Gasteiger partial charge in [0, 0.05) is 24.5 Å². The van der Waals surface area contributed by atoms with Gasteiger partial charge in [0.2, 0.25) is 0 Å². The highest BCUT2D eigenvalue weighted by molar-refractivity contribution is 4.95. The predicted octanol–water partition coefficient (Wildman–Crippen LogP) is 3.60. The van der Waals surface area contributed by atoms with E-state index >= 15 is 0 Å². The third kappa shape index (κ3) is 5.23. The minimum Gasteiger partial charge on any atom is -0.312 e. The van der Waals surface area contributed by atoms with Crippen LogP contribution in [0.4, 0.5) is 0 Å². The van der Waals surface area contributed by atoms with Gasteiger partial charge in [0.1, 0.15) is 12.2 Å². The Kier molecular flexibility index (Phi) is 5.75. The van der Waals surface area contributed by atoms with E-state index in [1.807, 2.05) is 4.68 Å². The van der Waals surface area contributed by atoms with Crippen LogP contribution in [0.1, 0.15) is 73.2 Å². The summed E-state index contributed by atoms with van der Waals surface area (Å²) in [6, 6.07) is 0.369. The first-order valence-electron chi connectivity index (χ1n) is 7.80. The lowest BCUT2D eigenvalue weighted by Gasteiger charge is -2.33. The first kappa shape index (κ1) is 17.2. The number of nitrogens with one attached hydrogen (secondary N) is 1. The van der Waals surface area contributed by atoms with Crippen molar-refractivity contribution in [2.75, 3.05) is 6.54 Å². The summed E-state index contributed by atoms with van der Waals surface area (Å²) < 4.78 is 2.05. The van der Waals surface area contributed by atoms with Crippen LogP contribution in [0, 0.1) is 5.41 Å².